The zero-order chi connectivity index (χ0) is 16.3. The lowest BCUT2D eigenvalue weighted by molar-refractivity contribution is -0.385. The summed E-state index contributed by atoms with van der Waals surface area (Å²) in [5.41, 5.74) is 0.553. The molecule has 6 nitrogen and oxygen atoms in total. The first kappa shape index (κ1) is 15.8. The van der Waals surface area contributed by atoms with Gasteiger partial charge in [0.05, 0.1) is 10.8 Å². The molecule has 114 valence electrons. The van der Waals surface area contributed by atoms with Crippen molar-refractivity contribution in [2.24, 2.45) is 0 Å². The van der Waals surface area contributed by atoms with Crippen molar-refractivity contribution >= 4 is 23.3 Å². The van der Waals surface area contributed by atoms with Gasteiger partial charge in [0.1, 0.15) is 0 Å². The van der Waals surface area contributed by atoms with E-state index < -0.39 is 28.2 Å². The average molecular weight is 322 g/mol. The molecule has 0 aliphatic heterocycles. The van der Waals surface area contributed by atoms with Crippen molar-refractivity contribution in [3.8, 4) is 5.75 Å². The summed E-state index contributed by atoms with van der Waals surface area (Å²) in [6.07, 6.45) is 0.0675. The quantitative estimate of drug-likeness (QED) is 0.649. The number of phenolic OH excluding ortho intramolecular Hbond substituents is 1. The monoisotopic (exact) mass is 321 g/mol. The second kappa shape index (κ2) is 6.44. The first-order valence-electron chi connectivity index (χ1n) is 6.33. The van der Waals surface area contributed by atoms with Gasteiger partial charge in [-0.3, -0.25) is 14.9 Å². The standard InChI is InChI=1S/C15H12ClNO5/c16-11-4-2-10(3-5-11)12(15(19)20)7-9-1-6-14(18)13(8-9)17(21)22/h1-6,8,12,18H,7H2,(H,19,20). The minimum Gasteiger partial charge on any atom is -0.502 e. The van der Waals surface area contributed by atoms with E-state index >= 15 is 0 Å². The highest BCUT2D eigenvalue weighted by Gasteiger charge is 2.22. The largest absolute Gasteiger partial charge is 0.502 e. The molecule has 2 N–H and O–H groups in total. The molecule has 0 bridgehead atoms. The van der Waals surface area contributed by atoms with Gasteiger partial charge in [0, 0.05) is 11.1 Å². The van der Waals surface area contributed by atoms with Crippen LogP contribution in [-0.2, 0) is 11.2 Å². The van der Waals surface area contributed by atoms with Crippen LogP contribution in [0.2, 0.25) is 5.02 Å². The Hall–Kier alpha value is -2.60. The predicted octanol–water partition coefficient (Wildman–Crippen LogP) is 3.36. The fourth-order valence-corrected chi connectivity index (χ4v) is 2.25. The molecule has 1 unspecified atom stereocenters. The summed E-state index contributed by atoms with van der Waals surface area (Å²) in [6, 6.07) is 10.2. The van der Waals surface area contributed by atoms with Crippen LogP contribution in [0.25, 0.3) is 0 Å². The first-order chi connectivity index (χ1) is 10.4. The minimum absolute atomic E-state index is 0.0675. The van der Waals surface area contributed by atoms with Gasteiger partial charge in [-0.05, 0) is 35.7 Å². The van der Waals surface area contributed by atoms with E-state index in [9.17, 15) is 25.1 Å². The lowest BCUT2D eigenvalue weighted by Crippen LogP contribution is -2.14. The van der Waals surface area contributed by atoms with Gasteiger partial charge in [-0.2, -0.15) is 0 Å². The van der Waals surface area contributed by atoms with Crippen LogP contribution in [0.5, 0.6) is 5.75 Å². The zero-order valence-electron chi connectivity index (χ0n) is 11.3. The third kappa shape index (κ3) is 3.53. The highest BCUT2D eigenvalue weighted by atomic mass is 35.5. The molecule has 0 aliphatic rings. The number of hydrogen-bond acceptors (Lipinski definition) is 4. The maximum atomic E-state index is 11.5. The molecule has 0 fully saturated rings. The van der Waals surface area contributed by atoms with Gasteiger partial charge in [0.15, 0.2) is 5.75 Å². The lowest BCUT2D eigenvalue weighted by Gasteiger charge is -2.13. The summed E-state index contributed by atoms with van der Waals surface area (Å²) >= 11 is 5.78. The fourth-order valence-electron chi connectivity index (χ4n) is 2.12. The number of phenols is 1. The number of aromatic hydroxyl groups is 1. The van der Waals surface area contributed by atoms with Crippen molar-refractivity contribution in [3.05, 3.63) is 68.7 Å². The third-order valence-electron chi connectivity index (χ3n) is 3.25. The molecule has 0 amide bonds. The number of hydrogen-bond donors (Lipinski definition) is 2. The number of aliphatic carboxylic acids is 1. The van der Waals surface area contributed by atoms with Crippen molar-refractivity contribution in [1.82, 2.24) is 0 Å². The summed E-state index contributed by atoms with van der Waals surface area (Å²) in [4.78, 5) is 21.6. The molecular weight excluding hydrogens is 310 g/mol. The molecule has 2 aromatic carbocycles. The summed E-state index contributed by atoms with van der Waals surface area (Å²) in [6.45, 7) is 0. The number of benzene rings is 2. The maximum absolute atomic E-state index is 11.5. The van der Waals surface area contributed by atoms with Crippen molar-refractivity contribution in [2.75, 3.05) is 0 Å². The molecule has 2 rings (SSSR count). The number of nitro groups is 1. The highest BCUT2D eigenvalue weighted by molar-refractivity contribution is 6.30. The van der Waals surface area contributed by atoms with E-state index in [1.54, 1.807) is 24.3 Å². The molecule has 2 aromatic rings. The van der Waals surface area contributed by atoms with Gasteiger partial charge in [0.2, 0.25) is 0 Å². The molecule has 0 radical (unpaired) electrons. The zero-order valence-corrected chi connectivity index (χ0v) is 12.0. The molecule has 0 saturated carbocycles. The molecule has 0 aromatic heterocycles. The predicted molar refractivity (Wildman–Crippen MR) is 80.3 cm³/mol. The second-order valence-electron chi connectivity index (χ2n) is 4.73. The summed E-state index contributed by atoms with van der Waals surface area (Å²) in [5.74, 6) is -2.36. The van der Waals surface area contributed by atoms with Crippen molar-refractivity contribution in [1.29, 1.82) is 0 Å². The Labute approximate surface area is 130 Å². The van der Waals surface area contributed by atoms with E-state index in [2.05, 4.69) is 0 Å². The van der Waals surface area contributed by atoms with Crippen LogP contribution in [0, 0.1) is 10.1 Å². The SMILES string of the molecule is O=C(O)C(Cc1ccc(O)c([N+](=O)[O-])c1)c1ccc(Cl)cc1. The number of carbonyl (C=O) groups is 1. The number of nitro benzene ring substituents is 1. The Bertz CT molecular complexity index is 714. The van der Waals surface area contributed by atoms with E-state index in [1.165, 1.54) is 18.2 Å². The van der Waals surface area contributed by atoms with Gasteiger partial charge in [-0.25, -0.2) is 0 Å². The van der Waals surface area contributed by atoms with Gasteiger partial charge in [-0.15, -0.1) is 0 Å². The molecule has 22 heavy (non-hydrogen) atoms. The van der Waals surface area contributed by atoms with Crippen LogP contribution < -0.4 is 0 Å². The minimum atomic E-state index is -1.04. The first-order valence-corrected chi connectivity index (χ1v) is 6.71. The van der Waals surface area contributed by atoms with Crippen LogP contribution in [0.4, 0.5) is 5.69 Å². The molecule has 0 spiro atoms. The Morgan fingerprint density at radius 2 is 1.86 bits per heavy atom. The number of nitrogens with zero attached hydrogens (tertiary/aromatic N) is 1. The average Bonchev–Trinajstić information content (AvgIpc) is 2.47. The van der Waals surface area contributed by atoms with Gasteiger partial charge in [-0.1, -0.05) is 29.8 Å². The van der Waals surface area contributed by atoms with Crippen LogP contribution in [0.3, 0.4) is 0 Å². The molecule has 0 aliphatic carbocycles. The van der Waals surface area contributed by atoms with Crippen molar-refractivity contribution in [3.63, 3.8) is 0 Å². The fraction of sp³-hybridized carbons (Fsp3) is 0.133. The molecule has 0 heterocycles. The van der Waals surface area contributed by atoms with E-state index in [-0.39, 0.29) is 6.42 Å². The summed E-state index contributed by atoms with van der Waals surface area (Å²) < 4.78 is 0. The van der Waals surface area contributed by atoms with E-state index in [4.69, 9.17) is 11.6 Å². The summed E-state index contributed by atoms with van der Waals surface area (Å²) in [7, 11) is 0. The van der Waals surface area contributed by atoms with E-state index in [0.717, 1.165) is 0 Å². The number of carboxylic acids is 1. The van der Waals surface area contributed by atoms with E-state index in [1.807, 2.05) is 0 Å². The number of halogens is 1. The number of rotatable bonds is 5. The summed E-state index contributed by atoms with van der Waals surface area (Å²) in [5, 5.41) is 30.1. The smallest absolute Gasteiger partial charge is 0.311 e. The van der Waals surface area contributed by atoms with Crippen molar-refractivity contribution < 1.29 is 19.9 Å². The van der Waals surface area contributed by atoms with Crippen LogP contribution >= 0.6 is 11.6 Å². The van der Waals surface area contributed by atoms with Gasteiger partial charge >= 0.3 is 11.7 Å². The van der Waals surface area contributed by atoms with E-state index in [0.29, 0.717) is 16.1 Å². The molecular formula is C15H12ClNO5. The lowest BCUT2D eigenvalue weighted by atomic mass is 9.92. The Morgan fingerprint density at radius 3 is 2.41 bits per heavy atom. The Morgan fingerprint density at radius 1 is 1.23 bits per heavy atom. The maximum Gasteiger partial charge on any atom is 0.311 e. The third-order valence-corrected chi connectivity index (χ3v) is 3.50. The Kier molecular flexibility index (Phi) is 4.62. The number of carboxylic acid groups (broad SMARTS) is 1. The van der Waals surface area contributed by atoms with Crippen LogP contribution in [0.1, 0.15) is 17.0 Å². The topological polar surface area (TPSA) is 101 Å². The van der Waals surface area contributed by atoms with Crippen molar-refractivity contribution in [2.45, 2.75) is 12.3 Å². The molecule has 7 heteroatoms. The van der Waals surface area contributed by atoms with Crippen LogP contribution in [0.15, 0.2) is 42.5 Å². The Balaban J connectivity index is 2.32. The van der Waals surface area contributed by atoms with Gasteiger partial charge < -0.3 is 10.2 Å². The molecule has 1 atom stereocenters. The van der Waals surface area contributed by atoms with Crippen LogP contribution in [-0.4, -0.2) is 21.1 Å². The van der Waals surface area contributed by atoms with Gasteiger partial charge in [0.25, 0.3) is 0 Å². The second-order valence-corrected chi connectivity index (χ2v) is 5.16. The normalized spacial score (nSPS) is 11.9. The highest BCUT2D eigenvalue weighted by Crippen LogP contribution is 2.29. The molecule has 0 saturated heterocycles.